The fourth-order valence-electron chi connectivity index (χ4n) is 2.54. The Kier molecular flexibility index (Phi) is 4.66. The number of ether oxygens (including phenoxy) is 1. The van der Waals surface area contributed by atoms with Gasteiger partial charge < -0.3 is 20.5 Å². The first-order chi connectivity index (χ1) is 11.6. The molecule has 3 N–H and O–H groups in total. The molecule has 1 aromatic heterocycles. The highest BCUT2D eigenvalue weighted by molar-refractivity contribution is 5.75. The number of carbonyl (C=O) groups excluding carboxylic acids is 1. The van der Waals surface area contributed by atoms with E-state index in [4.69, 9.17) is 4.74 Å². The SMILES string of the molecule is CCC(=O)NCC(O)CNc1ccc2c(c1)OCc1nnc(C)n1-2. The quantitative estimate of drug-likeness (QED) is 0.723. The molecule has 0 saturated carbocycles. The van der Waals surface area contributed by atoms with Gasteiger partial charge in [-0.15, -0.1) is 10.2 Å². The van der Waals surface area contributed by atoms with E-state index in [1.807, 2.05) is 29.7 Å². The summed E-state index contributed by atoms with van der Waals surface area (Å²) in [7, 11) is 0. The molecule has 2 heterocycles. The number of aliphatic hydroxyl groups excluding tert-OH is 1. The number of carbonyl (C=O) groups is 1. The fourth-order valence-corrected chi connectivity index (χ4v) is 2.54. The summed E-state index contributed by atoms with van der Waals surface area (Å²) in [4.78, 5) is 11.2. The number of aliphatic hydroxyl groups is 1. The third kappa shape index (κ3) is 3.33. The van der Waals surface area contributed by atoms with Crippen molar-refractivity contribution in [2.24, 2.45) is 0 Å². The van der Waals surface area contributed by atoms with E-state index >= 15 is 0 Å². The minimum absolute atomic E-state index is 0.0728. The van der Waals surface area contributed by atoms with Crippen LogP contribution in [0.4, 0.5) is 5.69 Å². The van der Waals surface area contributed by atoms with Crippen molar-refractivity contribution in [3.63, 3.8) is 0 Å². The molecule has 8 nitrogen and oxygen atoms in total. The number of amides is 1. The van der Waals surface area contributed by atoms with E-state index in [1.165, 1.54) is 0 Å². The van der Waals surface area contributed by atoms with Crippen LogP contribution in [-0.4, -0.2) is 45.0 Å². The first kappa shape index (κ1) is 16.3. The molecule has 1 atom stereocenters. The average Bonchev–Trinajstić information content (AvgIpc) is 2.99. The summed E-state index contributed by atoms with van der Waals surface area (Å²) in [6.07, 6.45) is -0.253. The van der Waals surface area contributed by atoms with E-state index < -0.39 is 6.10 Å². The molecule has 24 heavy (non-hydrogen) atoms. The zero-order valence-electron chi connectivity index (χ0n) is 13.7. The number of aromatic nitrogens is 3. The molecular formula is C16H21N5O3. The van der Waals surface area contributed by atoms with Gasteiger partial charge in [0.05, 0.1) is 11.8 Å². The van der Waals surface area contributed by atoms with E-state index in [0.29, 0.717) is 19.6 Å². The number of hydrogen-bond donors (Lipinski definition) is 3. The van der Waals surface area contributed by atoms with Crippen molar-refractivity contribution in [1.29, 1.82) is 0 Å². The second-order valence-corrected chi connectivity index (χ2v) is 5.66. The van der Waals surface area contributed by atoms with Gasteiger partial charge in [-0.3, -0.25) is 9.36 Å². The van der Waals surface area contributed by atoms with E-state index in [-0.39, 0.29) is 12.5 Å². The lowest BCUT2D eigenvalue weighted by Crippen LogP contribution is -2.35. The normalized spacial score (nSPS) is 13.5. The Morgan fingerprint density at radius 3 is 3.04 bits per heavy atom. The Morgan fingerprint density at radius 1 is 1.42 bits per heavy atom. The van der Waals surface area contributed by atoms with Gasteiger partial charge in [-0.1, -0.05) is 6.92 Å². The first-order valence-electron chi connectivity index (χ1n) is 7.95. The topological polar surface area (TPSA) is 101 Å². The van der Waals surface area contributed by atoms with Crippen LogP contribution in [0.5, 0.6) is 5.75 Å². The Morgan fingerprint density at radius 2 is 2.25 bits per heavy atom. The van der Waals surface area contributed by atoms with Crippen LogP contribution >= 0.6 is 0 Å². The van der Waals surface area contributed by atoms with Crippen LogP contribution in [-0.2, 0) is 11.4 Å². The number of nitrogens with zero attached hydrogens (tertiary/aromatic N) is 3. The second kappa shape index (κ2) is 6.88. The van der Waals surface area contributed by atoms with Gasteiger partial charge >= 0.3 is 0 Å². The molecule has 1 unspecified atom stereocenters. The lowest BCUT2D eigenvalue weighted by molar-refractivity contribution is -0.121. The summed E-state index contributed by atoms with van der Waals surface area (Å²) in [6.45, 7) is 4.61. The van der Waals surface area contributed by atoms with Crippen molar-refractivity contribution in [2.45, 2.75) is 33.0 Å². The highest BCUT2D eigenvalue weighted by atomic mass is 16.5. The fraction of sp³-hybridized carbons (Fsp3) is 0.438. The lowest BCUT2D eigenvalue weighted by atomic mass is 10.2. The third-order valence-corrected chi connectivity index (χ3v) is 3.85. The van der Waals surface area contributed by atoms with Crippen LogP contribution in [0.2, 0.25) is 0 Å². The highest BCUT2D eigenvalue weighted by Crippen LogP contribution is 2.32. The molecule has 0 bridgehead atoms. The maximum atomic E-state index is 11.2. The molecule has 128 valence electrons. The number of fused-ring (bicyclic) bond motifs is 3. The zero-order chi connectivity index (χ0) is 17.1. The highest BCUT2D eigenvalue weighted by Gasteiger charge is 2.20. The molecule has 0 saturated heterocycles. The molecule has 3 rings (SSSR count). The minimum Gasteiger partial charge on any atom is -0.483 e. The van der Waals surface area contributed by atoms with Crippen molar-refractivity contribution in [2.75, 3.05) is 18.4 Å². The predicted octanol–water partition coefficient (Wildman–Crippen LogP) is 0.767. The van der Waals surface area contributed by atoms with Gasteiger partial charge in [0.15, 0.2) is 5.82 Å². The standard InChI is InChI=1S/C16H21N5O3/c1-3-16(23)18-8-12(22)7-17-11-4-5-13-14(6-11)24-9-15-20-19-10(2)21(13)15/h4-6,12,17,22H,3,7-9H2,1-2H3,(H,18,23). The maximum Gasteiger partial charge on any atom is 0.219 e. The zero-order valence-corrected chi connectivity index (χ0v) is 13.7. The number of hydrogen-bond acceptors (Lipinski definition) is 6. The Bertz CT molecular complexity index is 743. The Hall–Kier alpha value is -2.61. The molecule has 1 aliphatic rings. The van der Waals surface area contributed by atoms with Gasteiger partial charge in [-0.05, 0) is 19.1 Å². The van der Waals surface area contributed by atoms with Gasteiger partial charge in [-0.2, -0.15) is 0 Å². The van der Waals surface area contributed by atoms with E-state index in [0.717, 1.165) is 28.8 Å². The van der Waals surface area contributed by atoms with Gasteiger partial charge in [0.25, 0.3) is 0 Å². The van der Waals surface area contributed by atoms with Crippen molar-refractivity contribution in [3.05, 3.63) is 29.8 Å². The number of anilines is 1. The predicted molar refractivity (Wildman–Crippen MR) is 88.2 cm³/mol. The maximum absolute atomic E-state index is 11.2. The Labute approximate surface area is 139 Å². The van der Waals surface area contributed by atoms with E-state index in [2.05, 4.69) is 20.8 Å². The molecule has 8 heteroatoms. The largest absolute Gasteiger partial charge is 0.483 e. The number of aryl methyl sites for hydroxylation is 1. The van der Waals surface area contributed by atoms with Crippen LogP contribution in [0, 0.1) is 6.92 Å². The van der Waals surface area contributed by atoms with Crippen molar-refractivity contribution in [1.82, 2.24) is 20.1 Å². The Balaban J connectivity index is 1.63. The monoisotopic (exact) mass is 331 g/mol. The first-order valence-corrected chi connectivity index (χ1v) is 7.95. The van der Waals surface area contributed by atoms with Crippen molar-refractivity contribution < 1.29 is 14.6 Å². The summed E-state index contributed by atoms with van der Waals surface area (Å²) in [5.41, 5.74) is 1.74. The van der Waals surface area contributed by atoms with Crippen LogP contribution in [0.15, 0.2) is 18.2 Å². The van der Waals surface area contributed by atoms with Crippen molar-refractivity contribution >= 4 is 11.6 Å². The summed E-state index contributed by atoms with van der Waals surface area (Å²) >= 11 is 0. The van der Waals surface area contributed by atoms with E-state index in [1.54, 1.807) is 6.92 Å². The van der Waals surface area contributed by atoms with Gasteiger partial charge in [0.2, 0.25) is 5.91 Å². The van der Waals surface area contributed by atoms with Crippen LogP contribution < -0.4 is 15.4 Å². The molecule has 1 aliphatic heterocycles. The van der Waals surface area contributed by atoms with Crippen LogP contribution in [0.3, 0.4) is 0 Å². The summed E-state index contributed by atoms with van der Waals surface area (Å²) in [5, 5.41) is 23.9. The third-order valence-electron chi connectivity index (χ3n) is 3.85. The minimum atomic E-state index is -0.663. The summed E-state index contributed by atoms with van der Waals surface area (Å²) in [6, 6.07) is 5.73. The molecule has 0 radical (unpaired) electrons. The molecule has 0 spiro atoms. The molecule has 0 aliphatic carbocycles. The smallest absolute Gasteiger partial charge is 0.219 e. The second-order valence-electron chi connectivity index (χ2n) is 5.66. The van der Waals surface area contributed by atoms with Crippen LogP contribution in [0.1, 0.15) is 25.0 Å². The summed E-state index contributed by atoms with van der Waals surface area (Å²) < 4.78 is 7.69. The number of benzene rings is 1. The molecule has 2 aromatic rings. The summed E-state index contributed by atoms with van der Waals surface area (Å²) in [5.74, 6) is 2.26. The average molecular weight is 331 g/mol. The van der Waals surface area contributed by atoms with Crippen molar-refractivity contribution in [3.8, 4) is 11.4 Å². The van der Waals surface area contributed by atoms with Gasteiger partial charge in [0.1, 0.15) is 18.2 Å². The molecular weight excluding hydrogens is 310 g/mol. The van der Waals surface area contributed by atoms with E-state index in [9.17, 15) is 9.90 Å². The molecule has 0 fully saturated rings. The number of rotatable bonds is 6. The van der Waals surface area contributed by atoms with Crippen LogP contribution in [0.25, 0.3) is 5.69 Å². The molecule has 1 aromatic carbocycles. The van der Waals surface area contributed by atoms with Gasteiger partial charge in [-0.25, -0.2) is 0 Å². The number of nitrogens with one attached hydrogen (secondary N) is 2. The van der Waals surface area contributed by atoms with Gasteiger partial charge in [0, 0.05) is 31.3 Å². The lowest BCUT2D eigenvalue weighted by Gasteiger charge is -2.21. The molecule has 1 amide bonds.